The average Bonchev–Trinajstić information content (AvgIpc) is 2.47. The van der Waals surface area contributed by atoms with Gasteiger partial charge in [0.05, 0.1) is 12.4 Å². The summed E-state index contributed by atoms with van der Waals surface area (Å²) in [5.74, 6) is 0.479. The van der Waals surface area contributed by atoms with E-state index < -0.39 is 15.6 Å². The van der Waals surface area contributed by atoms with E-state index in [-0.39, 0.29) is 11.4 Å². The highest BCUT2D eigenvalue weighted by Gasteiger charge is 2.25. The predicted molar refractivity (Wildman–Crippen MR) is 80.9 cm³/mol. The van der Waals surface area contributed by atoms with Crippen LogP contribution in [0.4, 0.5) is 0 Å². The number of nitrogens with two attached hydrogens (primary N) is 1. The zero-order valence-corrected chi connectivity index (χ0v) is 12.8. The van der Waals surface area contributed by atoms with E-state index in [1.165, 1.54) is 12.4 Å². The first-order valence-corrected chi connectivity index (χ1v) is 7.94. The molecule has 0 saturated carbocycles. The molecule has 0 amide bonds. The van der Waals surface area contributed by atoms with Crippen molar-refractivity contribution in [3.8, 4) is 11.4 Å². The molecule has 0 radical (unpaired) electrons. The molecule has 0 fully saturated rings. The minimum atomic E-state index is -3.68. The molecule has 0 spiro atoms. The summed E-state index contributed by atoms with van der Waals surface area (Å²) < 4.78 is 26.9. The second-order valence-electron chi connectivity index (χ2n) is 5.30. The molecule has 0 saturated heterocycles. The normalized spacial score (nSPS) is 12.3. The summed E-state index contributed by atoms with van der Waals surface area (Å²) in [6, 6.07) is 9.35. The number of benzene rings is 1. The van der Waals surface area contributed by atoms with Crippen molar-refractivity contribution in [3.05, 3.63) is 42.7 Å². The summed E-state index contributed by atoms with van der Waals surface area (Å²) in [6.45, 7) is 3.61. The van der Waals surface area contributed by atoms with Crippen molar-refractivity contribution in [2.75, 3.05) is 6.54 Å². The van der Waals surface area contributed by atoms with Gasteiger partial charge in [-0.3, -0.25) is 0 Å². The topological polar surface area (TPSA) is 98.0 Å². The van der Waals surface area contributed by atoms with Crippen molar-refractivity contribution >= 4 is 10.0 Å². The Bertz CT molecular complexity index is 698. The lowest BCUT2D eigenvalue weighted by molar-refractivity contribution is 0.462. The van der Waals surface area contributed by atoms with Gasteiger partial charge in [0.15, 0.2) is 5.82 Å². The number of nitrogens with zero attached hydrogens (tertiary/aromatic N) is 2. The number of nitrogens with one attached hydrogen (secondary N) is 1. The van der Waals surface area contributed by atoms with Crippen molar-refractivity contribution < 1.29 is 8.42 Å². The number of sulfonamides is 1. The molecule has 0 aliphatic carbocycles. The maximum atomic E-state index is 12.2. The van der Waals surface area contributed by atoms with Crippen LogP contribution in [0.3, 0.4) is 0 Å². The van der Waals surface area contributed by atoms with Crippen molar-refractivity contribution in [1.82, 2.24) is 14.7 Å². The van der Waals surface area contributed by atoms with Crippen LogP contribution in [-0.2, 0) is 10.0 Å². The summed E-state index contributed by atoms with van der Waals surface area (Å²) in [6.07, 6.45) is 2.59. The Morgan fingerprint density at radius 3 is 2.24 bits per heavy atom. The van der Waals surface area contributed by atoms with E-state index in [4.69, 9.17) is 5.73 Å². The third-order valence-electron chi connectivity index (χ3n) is 2.89. The summed E-state index contributed by atoms with van der Waals surface area (Å²) in [5.41, 5.74) is 5.64. The van der Waals surface area contributed by atoms with Gasteiger partial charge < -0.3 is 5.73 Å². The van der Waals surface area contributed by atoms with Crippen molar-refractivity contribution in [2.45, 2.75) is 24.3 Å². The van der Waals surface area contributed by atoms with Gasteiger partial charge in [-0.1, -0.05) is 30.3 Å². The van der Waals surface area contributed by atoms with Crippen molar-refractivity contribution in [2.24, 2.45) is 5.73 Å². The van der Waals surface area contributed by atoms with Gasteiger partial charge >= 0.3 is 0 Å². The maximum absolute atomic E-state index is 12.2. The molecule has 2 aromatic rings. The van der Waals surface area contributed by atoms with Gasteiger partial charge in [-0.2, -0.15) is 0 Å². The molecule has 0 unspecified atom stereocenters. The van der Waals surface area contributed by atoms with Gasteiger partial charge in [0.1, 0.15) is 4.90 Å². The summed E-state index contributed by atoms with van der Waals surface area (Å²) in [7, 11) is -3.68. The fourth-order valence-electron chi connectivity index (χ4n) is 1.66. The van der Waals surface area contributed by atoms with Crippen molar-refractivity contribution in [1.29, 1.82) is 0 Å². The minimum Gasteiger partial charge on any atom is -0.329 e. The first-order valence-electron chi connectivity index (χ1n) is 6.46. The quantitative estimate of drug-likeness (QED) is 0.863. The number of rotatable bonds is 5. The number of aromatic nitrogens is 2. The fourth-order valence-corrected chi connectivity index (χ4v) is 2.97. The number of hydrogen-bond acceptors (Lipinski definition) is 5. The molecule has 1 aromatic heterocycles. The lowest BCUT2D eigenvalue weighted by Gasteiger charge is -2.23. The molecule has 112 valence electrons. The van der Waals surface area contributed by atoms with Gasteiger partial charge in [0.25, 0.3) is 0 Å². The smallest absolute Gasteiger partial charge is 0.244 e. The van der Waals surface area contributed by atoms with Crippen LogP contribution in [0.2, 0.25) is 0 Å². The minimum absolute atomic E-state index is 0.0173. The molecule has 1 heterocycles. The van der Waals surface area contributed by atoms with Crippen LogP contribution in [0.1, 0.15) is 13.8 Å². The second-order valence-corrected chi connectivity index (χ2v) is 6.98. The molecule has 6 nitrogen and oxygen atoms in total. The average molecular weight is 306 g/mol. The van der Waals surface area contributed by atoms with E-state index in [1.807, 2.05) is 30.3 Å². The van der Waals surface area contributed by atoms with Gasteiger partial charge in [-0.15, -0.1) is 0 Å². The molecular formula is C14H18N4O2S. The van der Waals surface area contributed by atoms with E-state index in [0.717, 1.165) is 5.56 Å². The van der Waals surface area contributed by atoms with Gasteiger partial charge in [0, 0.05) is 17.6 Å². The molecule has 1 aromatic carbocycles. The largest absolute Gasteiger partial charge is 0.329 e. The zero-order valence-electron chi connectivity index (χ0n) is 11.9. The van der Waals surface area contributed by atoms with Crippen LogP contribution in [-0.4, -0.2) is 30.5 Å². The van der Waals surface area contributed by atoms with E-state index in [2.05, 4.69) is 14.7 Å². The first-order chi connectivity index (χ1) is 9.84. The Morgan fingerprint density at radius 1 is 1.14 bits per heavy atom. The SMILES string of the molecule is CC(C)(CN)NS(=O)(=O)c1cnc(-c2ccccc2)nc1. The molecule has 2 rings (SSSR count). The van der Waals surface area contributed by atoms with Crippen LogP contribution >= 0.6 is 0 Å². The molecule has 0 aliphatic rings. The molecule has 7 heteroatoms. The zero-order chi connectivity index (χ0) is 15.5. The molecule has 0 bridgehead atoms. The van der Waals surface area contributed by atoms with E-state index in [9.17, 15) is 8.42 Å². The van der Waals surface area contributed by atoms with E-state index in [1.54, 1.807) is 13.8 Å². The van der Waals surface area contributed by atoms with Crippen molar-refractivity contribution in [3.63, 3.8) is 0 Å². The maximum Gasteiger partial charge on any atom is 0.244 e. The highest BCUT2D eigenvalue weighted by molar-refractivity contribution is 7.89. The molecule has 21 heavy (non-hydrogen) atoms. The van der Waals surface area contributed by atoms with Gasteiger partial charge in [-0.05, 0) is 13.8 Å². The van der Waals surface area contributed by atoms with Crippen LogP contribution in [0.15, 0.2) is 47.6 Å². The van der Waals surface area contributed by atoms with Crippen LogP contribution in [0, 0.1) is 0 Å². The van der Waals surface area contributed by atoms with E-state index >= 15 is 0 Å². The standard InChI is InChI=1S/C14H18N4O2S/c1-14(2,10-15)18-21(19,20)12-8-16-13(17-9-12)11-6-4-3-5-7-11/h3-9,18H,10,15H2,1-2H3. The summed E-state index contributed by atoms with van der Waals surface area (Å²) in [4.78, 5) is 8.24. The first kappa shape index (κ1) is 15.6. The summed E-state index contributed by atoms with van der Waals surface area (Å²) >= 11 is 0. The second kappa shape index (κ2) is 5.88. The Kier molecular flexibility index (Phi) is 4.36. The third-order valence-corrected chi connectivity index (χ3v) is 4.54. The third kappa shape index (κ3) is 3.84. The monoisotopic (exact) mass is 306 g/mol. The number of hydrogen-bond donors (Lipinski definition) is 2. The Labute approximate surface area is 124 Å². The predicted octanol–water partition coefficient (Wildman–Crippen LogP) is 1.16. The Hall–Kier alpha value is -1.83. The Balaban J connectivity index is 2.27. The van der Waals surface area contributed by atoms with Gasteiger partial charge in [-0.25, -0.2) is 23.1 Å². The Morgan fingerprint density at radius 2 is 1.71 bits per heavy atom. The lowest BCUT2D eigenvalue weighted by Crippen LogP contribution is -2.48. The van der Waals surface area contributed by atoms with Crippen LogP contribution < -0.4 is 10.5 Å². The van der Waals surface area contributed by atoms with Crippen LogP contribution in [0.5, 0.6) is 0 Å². The van der Waals surface area contributed by atoms with Crippen LogP contribution in [0.25, 0.3) is 11.4 Å². The molecule has 0 atom stereocenters. The highest BCUT2D eigenvalue weighted by Crippen LogP contribution is 2.16. The molecular weight excluding hydrogens is 288 g/mol. The fraction of sp³-hybridized carbons (Fsp3) is 0.286. The highest BCUT2D eigenvalue weighted by atomic mass is 32.2. The molecule has 0 aliphatic heterocycles. The van der Waals surface area contributed by atoms with Gasteiger partial charge in [0.2, 0.25) is 10.0 Å². The summed E-state index contributed by atoms with van der Waals surface area (Å²) in [5, 5.41) is 0. The van der Waals surface area contributed by atoms with E-state index in [0.29, 0.717) is 5.82 Å². The molecule has 3 N–H and O–H groups in total. The lowest BCUT2D eigenvalue weighted by atomic mass is 10.1.